The molecule has 0 bridgehead atoms. The molecular weight excluding hydrogens is 353 g/mol. The molecule has 0 saturated carbocycles. The minimum Gasteiger partial charge on any atom is -0.382 e. The van der Waals surface area contributed by atoms with Crippen molar-refractivity contribution >= 4 is 26.4 Å². The van der Waals surface area contributed by atoms with Crippen LogP contribution in [-0.2, 0) is 16.4 Å². The molecule has 0 spiro atoms. The molecule has 1 aliphatic heterocycles. The van der Waals surface area contributed by atoms with E-state index < -0.39 is 22.6 Å². The number of hydrogen-bond donors (Lipinski definition) is 1. The smallest absolute Gasteiger partial charge is 0.382 e. The summed E-state index contributed by atoms with van der Waals surface area (Å²) in [4.78, 5) is 0. The van der Waals surface area contributed by atoms with Crippen LogP contribution in [-0.4, -0.2) is 36.7 Å². The van der Waals surface area contributed by atoms with E-state index in [1.54, 1.807) is 24.3 Å². The van der Waals surface area contributed by atoms with Gasteiger partial charge in [0.15, 0.2) is 0 Å². The summed E-state index contributed by atoms with van der Waals surface area (Å²) in [5.41, 5.74) is 1.23. The molecular formula is C17H17F3N2O2S. The summed E-state index contributed by atoms with van der Waals surface area (Å²) in [6, 6.07) is 6.55. The predicted molar refractivity (Wildman–Crippen MR) is 91.2 cm³/mol. The number of anilines is 1. The Morgan fingerprint density at radius 1 is 1.28 bits per heavy atom. The van der Waals surface area contributed by atoms with Crippen molar-refractivity contribution in [2.45, 2.75) is 31.6 Å². The highest BCUT2D eigenvalue weighted by Crippen LogP contribution is 2.31. The normalized spacial score (nSPS) is 18.2. The third-order valence-electron chi connectivity index (χ3n) is 4.35. The van der Waals surface area contributed by atoms with Crippen LogP contribution in [0.5, 0.6) is 0 Å². The van der Waals surface area contributed by atoms with E-state index in [9.17, 15) is 21.6 Å². The molecule has 0 aliphatic carbocycles. The second-order valence-electron chi connectivity index (χ2n) is 6.18. The fraction of sp³-hybridized carbons (Fsp3) is 0.412. The zero-order chi connectivity index (χ0) is 18.2. The first-order valence-corrected chi connectivity index (χ1v) is 9.63. The summed E-state index contributed by atoms with van der Waals surface area (Å²) in [6.07, 6.45) is 1.95. The van der Waals surface area contributed by atoms with Crippen molar-refractivity contribution < 1.29 is 21.6 Å². The molecule has 0 radical (unpaired) electrons. The second-order valence-corrected chi connectivity index (χ2v) is 8.49. The van der Waals surface area contributed by atoms with Crippen LogP contribution in [0.25, 0.3) is 10.9 Å². The highest BCUT2D eigenvalue weighted by Gasteiger charge is 2.30. The van der Waals surface area contributed by atoms with Gasteiger partial charge in [0.1, 0.15) is 16.4 Å². The zero-order valence-corrected chi connectivity index (χ0v) is 14.1. The Kier molecular flexibility index (Phi) is 4.45. The first kappa shape index (κ1) is 17.7. The third-order valence-corrected chi connectivity index (χ3v) is 6.06. The number of benzene rings is 1. The van der Waals surface area contributed by atoms with Gasteiger partial charge in [0.2, 0.25) is 0 Å². The van der Waals surface area contributed by atoms with Gasteiger partial charge in [0, 0.05) is 17.1 Å². The van der Waals surface area contributed by atoms with E-state index in [1.807, 2.05) is 0 Å². The van der Waals surface area contributed by atoms with Gasteiger partial charge in [-0.05, 0) is 31.0 Å². The number of nitrogens with one attached hydrogen (secondary N) is 1. The molecule has 1 aromatic carbocycles. The van der Waals surface area contributed by atoms with Crippen LogP contribution in [0, 0.1) is 12.3 Å². The Hall–Kier alpha value is -2.14. The maximum absolute atomic E-state index is 12.8. The molecule has 0 atom stereocenters. The highest BCUT2D eigenvalue weighted by atomic mass is 32.2. The van der Waals surface area contributed by atoms with E-state index in [1.165, 1.54) is 0 Å². The van der Waals surface area contributed by atoms with Crippen molar-refractivity contribution in [3.05, 3.63) is 30.0 Å². The molecule has 1 N–H and O–H groups in total. The van der Waals surface area contributed by atoms with Crippen LogP contribution < -0.4 is 5.32 Å². The average molecular weight is 370 g/mol. The van der Waals surface area contributed by atoms with Gasteiger partial charge in [-0.25, -0.2) is 8.42 Å². The lowest BCUT2D eigenvalue weighted by molar-refractivity contribution is -0.140. The molecule has 1 aromatic heterocycles. The molecule has 4 nitrogen and oxygen atoms in total. The van der Waals surface area contributed by atoms with Crippen molar-refractivity contribution in [2.24, 2.45) is 0 Å². The number of terminal acetylenes is 1. The van der Waals surface area contributed by atoms with Gasteiger partial charge in [-0.1, -0.05) is 12.0 Å². The topological polar surface area (TPSA) is 51.1 Å². The van der Waals surface area contributed by atoms with Crippen molar-refractivity contribution in [1.29, 1.82) is 0 Å². The Morgan fingerprint density at radius 3 is 2.56 bits per heavy atom. The maximum Gasteiger partial charge on any atom is 0.406 e. The number of sulfone groups is 1. The zero-order valence-electron chi connectivity index (χ0n) is 13.3. The van der Waals surface area contributed by atoms with Crippen molar-refractivity contribution in [3.63, 3.8) is 0 Å². The standard InChI is InChI=1S/C17H17F3N2O2S/c1-2-13-10-14-15(21-12-6-8-25(23,24)9-7-12)4-3-5-16(14)22(13)11-17(18,19)20/h1,3-5,10,12,21H,6-9,11H2. The fourth-order valence-corrected chi connectivity index (χ4v) is 4.63. The fourth-order valence-electron chi connectivity index (χ4n) is 3.13. The summed E-state index contributed by atoms with van der Waals surface area (Å²) < 4.78 is 62.7. The van der Waals surface area contributed by atoms with Crippen LogP contribution in [0.2, 0.25) is 0 Å². The summed E-state index contributed by atoms with van der Waals surface area (Å²) in [7, 11) is -2.97. The second kappa shape index (κ2) is 6.30. The first-order chi connectivity index (χ1) is 11.7. The Morgan fingerprint density at radius 2 is 1.96 bits per heavy atom. The number of rotatable bonds is 3. The number of nitrogens with zero attached hydrogens (tertiary/aromatic N) is 1. The maximum atomic E-state index is 12.8. The molecule has 2 aromatic rings. The molecule has 8 heteroatoms. The number of aromatic nitrogens is 1. The van der Waals surface area contributed by atoms with Crippen LogP contribution in [0.4, 0.5) is 18.9 Å². The van der Waals surface area contributed by atoms with E-state index in [0.29, 0.717) is 29.4 Å². The minimum absolute atomic E-state index is 0.0330. The quantitative estimate of drug-likeness (QED) is 0.845. The van der Waals surface area contributed by atoms with Gasteiger partial charge < -0.3 is 9.88 Å². The van der Waals surface area contributed by atoms with Crippen LogP contribution >= 0.6 is 0 Å². The number of fused-ring (bicyclic) bond motifs is 1. The molecule has 25 heavy (non-hydrogen) atoms. The van der Waals surface area contributed by atoms with E-state index in [2.05, 4.69) is 11.2 Å². The summed E-state index contributed by atoms with van der Waals surface area (Å²) in [6.45, 7) is -1.15. The molecule has 0 unspecified atom stereocenters. The largest absolute Gasteiger partial charge is 0.406 e. The lowest BCUT2D eigenvalue weighted by atomic mass is 10.1. The molecule has 3 rings (SSSR count). The number of hydrogen-bond acceptors (Lipinski definition) is 3. The first-order valence-electron chi connectivity index (χ1n) is 7.81. The SMILES string of the molecule is C#Cc1cc2c(NC3CCS(=O)(=O)CC3)cccc2n1CC(F)(F)F. The molecule has 1 saturated heterocycles. The lowest BCUT2D eigenvalue weighted by Gasteiger charge is -2.24. The van der Waals surface area contributed by atoms with E-state index in [-0.39, 0.29) is 23.2 Å². The van der Waals surface area contributed by atoms with Crippen molar-refractivity contribution in [3.8, 4) is 12.3 Å². The predicted octanol–water partition coefficient (Wildman–Crippen LogP) is 3.17. The van der Waals surface area contributed by atoms with Gasteiger partial charge in [0.25, 0.3) is 0 Å². The number of alkyl halides is 3. The number of halogens is 3. The van der Waals surface area contributed by atoms with Gasteiger partial charge in [-0.3, -0.25) is 0 Å². The van der Waals surface area contributed by atoms with Gasteiger partial charge in [-0.15, -0.1) is 6.42 Å². The van der Waals surface area contributed by atoms with Crippen molar-refractivity contribution in [2.75, 3.05) is 16.8 Å². The van der Waals surface area contributed by atoms with Gasteiger partial charge in [-0.2, -0.15) is 13.2 Å². The highest BCUT2D eigenvalue weighted by molar-refractivity contribution is 7.91. The van der Waals surface area contributed by atoms with Crippen molar-refractivity contribution in [1.82, 2.24) is 4.57 Å². The molecule has 1 fully saturated rings. The van der Waals surface area contributed by atoms with E-state index in [4.69, 9.17) is 6.42 Å². The Labute approximate surface area is 143 Å². The lowest BCUT2D eigenvalue weighted by Crippen LogP contribution is -2.32. The van der Waals surface area contributed by atoms with Crippen LogP contribution in [0.1, 0.15) is 18.5 Å². The van der Waals surface area contributed by atoms with E-state index in [0.717, 1.165) is 4.57 Å². The van der Waals surface area contributed by atoms with Gasteiger partial charge in [0.05, 0.1) is 22.7 Å². The Balaban J connectivity index is 1.94. The molecule has 0 amide bonds. The minimum atomic E-state index is -4.38. The average Bonchev–Trinajstić information content (AvgIpc) is 2.87. The molecule has 134 valence electrons. The monoisotopic (exact) mass is 370 g/mol. The summed E-state index contributed by atoms with van der Waals surface area (Å²) in [5.74, 6) is 2.54. The van der Waals surface area contributed by atoms with E-state index >= 15 is 0 Å². The molecule has 2 heterocycles. The molecule has 1 aliphatic rings. The summed E-state index contributed by atoms with van der Waals surface area (Å²) in [5, 5.41) is 3.87. The third kappa shape index (κ3) is 3.93. The van der Waals surface area contributed by atoms with Crippen LogP contribution in [0.15, 0.2) is 24.3 Å². The summed E-state index contributed by atoms with van der Waals surface area (Å²) >= 11 is 0. The van der Waals surface area contributed by atoms with Crippen LogP contribution in [0.3, 0.4) is 0 Å². The van der Waals surface area contributed by atoms with Gasteiger partial charge >= 0.3 is 6.18 Å². The Bertz CT molecular complexity index is 925.